The van der Waals surface area contributed by atoms with E-state index in [4.69, 9.17) is 4.98 Å². The second kappa shape index (κ2) is 11.4. The molecule has 0 amide bonds. The maximum Gasteiger partial charge on any atom is 0.108 e. The molecule has 1 aliphatic rings. The third-order valence-electron chi connectivity index (χ3n) is 8.20. The van der Waals surface area contributed by atoms with Gasteiger partial charge >= 0.3 is 0 Å². The third-order valence-corrected chi connectivity index (χ3v) is 8.20. The Morgan fingerprint density at radius 3 is 1.26 bits per heavy atom. The maximum atomic E-state index is 4.99. The first-order valence-electron chi connectivity index (χ1n) is 13.9. The number of nitrogens with zero attached hydrogens (tertiary/aromatic N) is 3. The molecular weight excluding hydrogens is 474 g/mol. The molecule has 0 aliphatic carbocycles. The van der Waals surface area contributed by atoms with Gasteiger partial charge in [-0.1, -0.05) is 127 Å². The molecule has 39 heavy (non-hydrogen) atoms. The molecule has 0 bridgehead atoms. The smallest absolute Gasteiger partial charge is 0.108 e. The summed E-state index contributed by atoms with van der Waals surface area (Å²) in [7, 11) is 0. The number of hydrogen-bond acceptors (Lipinski definition) is 3. The van der Waals surface area contributed by atoms with Crippen molar-refractivity contribution in [3.63, 3.8) is 0 Å². The predicted octanol–water partition coefficient (Wildman–Crippen LogP) is 8.70. The molecule has 0 N–H and O–H groups in total. The van der Waals surface area contributed by atoms with E-state index in [1.807, 2.05) is 12.3 Å². The third kappa shape index (κ3) is 4.92. The normalized spacial score (nSPS) is 20.1. The molecule has 4 aromatic carbocycles. The van der Waals surface area contributed by atoms with Crippen molar-refractivity contribution in [3.8, 4) is 0 Å². The molecule has 1 aliphatic heterocycles. The molecule has 2 heterocycles. The molecule has 1 aromatic heterocycles. The highest BCUT2D eigenvalue weighted by Crippen LogP contribution is 2.58. The van der Waals surface area contributed by atoms with Gasteiger partial charge in [-0.3, -0.25) is 14.8 Å². The van der Waals surface area contributed by atoms with Crippen molar-refractivity contribution in [2.75, 3.05) is 0 Å². The van der Waals surface area contributed by atoms with Crippen LogP contribution >= 0.6 is 0 Å². The van der Waals surface area contributed by atoms with Crippen LogP contribution in [0.1, 0.15) is 72.1 Å². The number of hydrogen-bond donors (Lipinski definition) is 0. The van der Waals surface area contributed by atoms with E-state index < -0.39 is 0 Å². The Labute approximate surface area is 232 Å². The van der Waals surface area contributed by atoms with Crippen LogP contribution in [-0.2, 0) is 0 Å². The topological polar surface area (TPSA) is 19.4 Å². The average molecular weight is 510 g/mol. The van der Waals surface area contributed by atoms with Crippen molar-refractivity contribution >= 4 is 0 Å². The molecule has 4 atom stereocenters. The minimum atomic E-state index is -0.0352. The quantitative estimate of drug-likeness (QED) is 0.219. The molecule has 6 rings (SSSR count). The zero-order chi connectivity index (χ0) is 26.6. The van der Waals surface area contributed by atoms with Crippen molar-refractivity contribution in [2.45, 2.75) is 44.2 Å². The number of pyridine rings is 1. The summed E-state index contributed by atoms with van der Waals surface area (Å²) in [5.41, 5.74) is 6.32. The van der Waals surface area contributed by atoms with Crippen LogP contribution in [0.4, 0.5) is 0 Å². The highest BCUT2D eigenvalue weighted by molar-refractivity contribution is 5.35. The standard InChI is InChI=1S/C36H35N3/c1-27(29-17-7-3-8-18-29)38-34(31-21-11-5-12-22-31)35(32-23-13-6-14-24-32)39(28(2)30-19-9-4-10-20-30)36(38)33-25-15-16-26-37-33/h3-28,34-36H,1-2H3/t27-,28-,34+,35+/m1/s1. The molecule has 0 radical (unpaired) electrons. The molecule has 3 heteroatoms. The summed E-state index contributed by atoms with van der Waals surface area (Å²) in [5, 5.41) is 0. The summed E-state index contributed by atoms with van der Waals surface area (Å²) in [5.74, 6) is 0. The van der Waals surface area contributed by atoms with E-state index in [1.165, 1.54) is 22.3 Å². The van der Waals surface area contributed by atoms with Crippen LogP contribution in [0.3, 0.4) is 0 Å². The molecule has 194 valence electrons. The lowest BCUT2D eigenvalue weighted by molar-refractivity contribution is 0.0535. The molecule has 3 nitrogen and oxygen atoms in total. The van der Waals surface area contributed by atoms with Gasteiger partial charge in [-0.2, -0.15) is 0 Å². The Hall–Kier alpha value is -4.05. The van der Waals surface area contributed by atoms with E-state index in [0.717, 1.165) is 5.69 Å². The molecule has 0 spiro atoms. The van der Waals surface area contributed by atoms with Gasteiger partial charge in [-0.15, -0.1) is 0 Å². The number of aromatic nitrogens is 1. The molecule has 1 fully saturated rings. The van der Waals surface area contributed by atoms with Gasteiger partial charge in [-0.05, 0) is 48.2 Å². The van der Waals surface area contributed by atoms with E-state index in [9.17, 15) is 0 Å². The van der Waals surface area contributed by atoms with Gasteiger partial charge in [0.25, 0.3) is 0 Å². The first-order chi connectivity index (χ1) is 19.2. The monoisotopic (exact) mass is 509 g/mol. The second-order valence-corrected chi connectivity index (χ2v) is 10.4. The summed E-state index contributed by atoms with van der Waals surface area (Å²) < 4.78 is 0. The number of benzene rings is 4. The molecule has 5 aromatic rings. The van der Waals surface area contributed by atoms with Gasteiger partial charge in [0.1, 0.15) is 6.17 Å². The van der Waals surface area contributed by atoms with Gasteiger partial charge in [0.15, 0.2) is 0 Å². The van der Waals surface area contributed by atoms with E-state index in [1.54, 1.807) is 0 Å². The van der Waals surface area contributed by atoms with E-state index in [2.05, 4.69) is 157 Å². The highest BCUT2D eigenvalue weighted by atomic mass is 15.5. The summed E-state index contributed by atoms with van der Waals surface area (Å²) in [6.45, 7) is 4.69. The Morgan fingerprint density at radius 1 is 0.487 bits per heavy atom. The summed E-state index contributed by atoms with van der Waals surface area (Å²) >= 11 is 0. The summed E-state index contributed by atoms with van der Waals surface area (Å²) in [4.78, 5) is 10.4. The average Bonchev–Trinajstić information content (AvgIpc) is 3.38. The maximum absolute atomic E-state index is 4.99. The zero-order valence-corrected chi connectivity index (χ0v) is 22.6. The van der Waals surface area contributed by atoms with Crippen LogP contribution in [0.5, 0.6) is 0 Å². The first-order valence-corrected chi connectivity index (χ1v) is 13.9. The van der Waals surface area contributed by atoms with Crippen molar-refractivity contribution in [1.82, 2.24) is 14.8 Å². The van der Waals surface area contributed by atoms with Crippen LogP contribution in [-0.4, -0.2) is 14.8 Å². The summed E-state index contributed by atoms with van der Waals surface area (Å²) in [6.07, 6.45) is 1.89. The molecule has 0 saturated carbocycles. The van der Waals surface area contributed by atoms with Gasteiger partial charge in [-0.25, -0.2) is 0 Å². The highest BCUT2D eigenvalue weighted by Gasteiger charge is 2.52. The fourth-order valence-electron chi connectivity index (χ4n) is 6.34. The van der Waals surface area contributed by atoms with Gasteiger partial charge < -0.3 is 0 Å². The Balaban J connectivity index is 1.62. The SMILES string of the molecule is C[C@H](c1ccccc1)N1C(c2ccccn2)N([C@H](C)c2ccccc2)[C@@H](c2ccccc2)[C@@H]1c1ccccc1. The van der Waals surface area contributed by atoms with Crippen LogP contribution < -0.4 is 0 Å². The van der Waals surface area contributed by atoms with E-state index >= 15 is 0 Å². The Morgan fingerprint density at radius 2 is 0.872 bits per heavy atom. The molecular formula is C36H35N3. The minimum Gasteiger partial charge on any atom is -0.267 e. The van der Waals surface area contributed by atoms with Crippen molar-refractivity contribution in [2.24, 2.45) is 0 Å². The lowest BCUT2D eigenvalue weighted by Crippen LogP contribution is -2.35. The second-order valence-electron chi connectivity index (χ2n) is 10.4. The van der Waals surface area contributed by atoms with E-state index in [0.29, 0.717) is 0 Å². The van der Waals surface area contributed by atoms with Crippen molar-refractivity contribution in [3.05, 3.63) is 174 Å². The fraction of sp³-hybridized carbons (Fsp3) is 0.194. The van der Waals surface area contributed by atoms with Gasteiger partial charge in [0.2, 0.25) is 0 Å². The Kier molecular flexibility index (Phi) is 7.36. The zero-order valence-electron chi connectivity index (χ0n) is 22.6. The minimum absolute atomic E-state index is 0.0352. The molecule has 1 saturated heterocycles. The van der Waals surface area contributed by atoms with Crippen LogP contribution in [0, 0.1) is 0 Å². The van der Waals surface area contributed by atoms with Crippen LogP contribution in [0.25, 0.3) is 0 Å². The fourth-order valence-corrected chi connectivity index (χ4v) is 6.34. The lowest BCUT2D eigenvalue weighted by atomic mass is 9.90. The van der Waals surface area contributed by atoms with Crippen LogP contribution in [0.15, 0.2) is 146 Å². The Bertz CT molecular complexity index is 1350. The number of rotatable bonds is 7. The molecule has 0 unspecified atom stereocenters. The van der Waals surface area contributed by atoms with Gasteiger partial charge in [0.05, 0.1) is 17.8 Å². The first kappa shape index (κ1) is 25.2. The van der Waals surface area contributed by atoms with Crippen LogP contribution in [0.2, 0.25) is 0 Å². The summed E-state index contributed by atoms with van der Waals surface area (Å²) in [6, 6.07) is 50.7. The van der Waals surface area contributed by atoms with E-state index in [-0.39, 0.29) is 30.3 Å². The van der Waals surface area contributed by atoms with Gasteiger partial charge in [0, 0.05) is 18.3 Å². The largest absolute Gasteiger partial charge is 0.267 e. The predicted molar refractivity (Wildman–Crippen MR) is 159 cm³/mol. The van der Waals surface area contributed by atoms with Crippen molar-refractivity contribution in [1.29, 1.82) is 0 Å². The van der Waals surface area contributed by atoms with Crippen molar-refractivity contribution < 1.29 is 0 Å². The lowest BCUT2D eigenvalue weighted by Gasteiger charge is -2.38.